The smallest absolute Gasteiger partial charge is 0.302 e. The Kier molecular flexibility index (Phi) is 5.17. The first-order valence-corrected chi connectivity index (χ1v) is 12.2. The number of hydrogen-bond acceptors (Lipinski definition) is 5. The van der Waals surface area contributed by atoms with Gasteiger partial charge in [0.1, 0.15) is 17.0 Å². The molecule has 9 nitrogen and oxygen atoms in total. The van der Waals surface area contributed by atoms with Crippen LogP contribution in [0, 0.1) is 33.7 Å². The molecule has 4 aliphatic rings. The second-order valence-corrected chi connectivity index (χ2v) is 10.7. The zero-order valence-corrected chi connectivity index (χ0v) is 19.6. The highest BCUT2D eigenvalue weighted by molar-refractivity contribution is 6.33. The van der Waals surface area contributed by atoms with E-state index in [0.717, 1.165) is 19.3 Å². The fourth-order valence-electron chi connectivity index (χ4n) is 6.80. The summed E-state index contributed by atoms with van der Waals surface area (Å²) in [6, 6.07) is 6.07. The molecule has 2 heterocycles. The van der Waals surface area contributed by atoms with Gasteiger partial charge in [0.05, 0.1) is 17.0 Å². The van der Waals surface area contributed by atoms with Crippen LogP contribution in [0.25, 0.3) is 0 Å². The molecule has 1 N–H and O–H groups in total. The van der Waals surface area contributed by atoms with Crippen LogP contribution in [0.2, 0.25) is 5.02 Å². The van der Waals surface area contributed by atoms with Crippen LogP contribution in [0.5, 0.6) is 0 Å². The van der Waals surface area contributed by atoms with Gasteiger partial charge >= 0.3 is 5.69 Å². The SMILES string of the molecule is O=C(Nc1nn(Cc2cccc(F)c2)cc1Cl)c1nn(C23CC4CC(CC(C4)C2)C3)cc1[N+](=O)[O-]. The summed E-state index contributed by atoms with van der Waals surface area (Å²) in [6.07, 6.45) is 9.47. The second-order valence-electron chi connectivity index (χ2n) is 10.3. The third-order valence-corrected chi connectivity index (χ3v) is 8.06. The molecule has 4 saturated carbocycles. The Balaban J connectivity index is 1.25. The van der Waals surface area contributed by atoms with Crippen molar-refractivity contribution in [3.8, 4) is 0 Å². The van der Waals surface area contributed by atoms with E-state index in [9.17, 15) is 19.3 Å². The van der Waals surface area contributed by atoms with Crippen molar-refractivity contribution in [1.82, 2.24) is 19.6 Å². The first-order chi connectivity index (χ1) is 16.8. The third kappa shape index (κ3) is 3.99. The van der Waals surface area contributed by atoms with Crippen LogP contribution in [-0.2, 0) is 12.1 Å². The second kappa shape index (κ2) is 8.15. The Labute approximate surface area is 205 Å². The quantitative estimate of drug-likeness (QED) is 0.380. The Morgan fingerprint density at radius 3 is 2.49 bits per heavy atom. The first-order valence-electron chi connectivity index (χ1n) is 11.8. The van der Waals surface area contributed by atoms with Crippen LogP contribution >= 0.6 is 11.6 Å². The molecule has 35 heavy (non-hydrogen) atoms. The van der Waals surface area contributed by atoms with Gasteiger partial charge < -0.3 is 5.32 Å². The molecule has 0 radical (unpaired) electrons. The van der Waals surface area contributed by atoms with E-state index >= 15 is 0 Å². The minimum atomic E-state index is -0.738. The molecule has 7 rings (SSSR count). The predicted molar refractivity (Wildman–Crippen MR) is 126 cm³/mol. The molecule has 0 unspecified atom stereocenters. The monoisotopic (exact) mass is 498 g/mol. The molecular formula is C24H24ClFN6O3. The average molecular weight is 499 g/mol. The zero-order chi connectivity index (χ0) is 24.3. The maximum Gasteiger partial charge on any atom is 0.320 e. The molecular weight excluding hydrogens is 475 g/mol. The summed E-state index contributed by atoms with van der Waals surface area (Å²) in [5, 5.41) is 23.3. The number of nitro groups is 1. The number of rotatable bonds is 6. The van der Waals surface area contributed by atoms with Crippen LogP contribution < -0.4 is 5.32 Å². The van der Waals surface area contributed by atoms with Crippen molar-refractivity contribution in [1.29, 1.82) is 0 Å². The standard InChI is InChI=1S/C24H24ClFN6O3/c25-19-12-30(11-14-2-1-3-18(26)7-14)29-22(19)27-23(33)21-20(32(34)35)13-31(28-21)24-8-15-4-16(9-24)6-17(5-15)10-24/h1-3,7,12-13,15-17H,4-6,8-11H2,(H,27,29,33). The van der Waals surface area contributed by atoms with Crippen LogP contribution in [0.3, 0.4) is 0 Å². The summed E-state index contributed by atoms with van der Waals surface area (Å²) in [5.74, 6) is 0.842. The van der Waals surface area contributed by atoms with Crippen LogP contribution in [0.1, 0.15) is 54.6 Å². The lowest BCUT2D eigenvalue weighted by molar-refractivity contribution is -0.385. The maximum absolute atomic E-state index is 13.5. The molecule has 182 valence electrons. The highest BCUT2D eigenvalue weighted by Crippen LogP contribution is 2.58. The van der Waals surface area contributed by atoms with Crippen molar-refractivity contribution in [2.75, 3.05) is 5.32 Å². The van der Waals surface area contributed by atoms with Crippen molar-refractivity contribution >= 4 is 29.0 Å². The number of carbonyl (C=O) groups excluding carboxylic acids is 1. The summed E-state index contributed by atoms with van der Waals surface area (Å²) >= 11 is 6.26. The van der Waals surface area contributed by atoms with Gasteiger partial charge in [0.2, 0.25) is 5.69 Å². The Hall–Kier alpha value is -3.27. The lowest BCUT2D eigenvalue weighted by Crippen LogP contribution is -2.52. The fraction of sp³-hybridized carbons (Fsp3) is 0.458. The largest absolute Gasteiger partial charge is 0.320 e. The van der Waals surface area contributed by atoms with Gasteiger partial charge in [0.15, 0.2) is 5.82 Å². The van der Waals surface area contributed by atoms with E-state index in [1.54, 1.807) is 16.8 Å². The number of aromatic nitrogens is 4. The predicted octanol–water partition coefficient (Wildman–Crippen LogP) is 5.01. The Morgan fingerprint density at radius 1 is 1.17 bits per heavy atom. The van der Waals surface area contributed by atoms with Gasteiger partial charge in [-0.2, -0.15) is 10.2 Å². The highest BCUT2D eigenvalue weighted by Gasteiger charge is 2.53. The van der Waals surface area contributed by atoms with Crippen molar-refractivity contribution in [3.05, 3.63) is 68.9 Å². The van der Waals surface area contributed by atoms with Gasteiger partial charge in [-0.15, -0.1) is 0 Å². The summed E-state index contributed by atoms with van der Waals surface area (Å²) < 4.78 is 16.6. The minimum absolute atomic E-state index is 0.0618. The molecule has 4 bridgehead atoms. The topological polar surface area (TPSA) is 108 Å². The summed E-state index contributed by atoms with van der Waals surface area (Å²) in [5.41, 5.74) is -0.149. The molecule has 1 aromatic carbocycles. The lowest BCUT2D eigenvalue weighted by Gasteiger charge is -2.56. The summed E-state index contributed by atoms with van der Waals surface area (Å²) in [6.45, 7) is 0.244. The fourth-order valence-corrected chi connectivity index (χ4v) is 7.00. The van der Waals surface area contributed by atoms with E-state index in [0.29, 0.717) is 23.3 Å². The molecule has 0 spiro atoms. The molecule has 0 aliphatic heterocycles. The van der Waals surface area contributed by atoms with Crippen molar-refractivity contribution in [2.24, 2.45) is 17.8 Å². The van der Waals surface area contributed by atoms with Gasteiger partial charge in [-0.25, -0.2) is 4.39 Å². The number of nitrogens with zero attached hydrogens (tertiary/aromatic N) is 5. The highest BCUT2D eigenvalue weighted by atomic mass is 35.5. The molecule has 1 amide bonds. The van der Waals surface area contributed by atoms with Gasteiger partial charge in [0, 0.05) is 6.20 Å². The van der Waals surface area contributed by atoms with E-state index in [4.69, 9.17) is 11.6 Å². The normalized spacial score (nSPS) is 26.7. The van der Waals surface area contributed by atoms with Crippen molar-refractivity contribution in [2.45, 2.75) is 50.6 Å². The van der Waals surface area contributed by atoms with Gasteiger partial charge in [-0.1, -0.05) is 23.7 Å². The van der Waals surface area contributed by atoms with E-state index in [2.05, 4.69) is 15.5 Å². The van der Waals surface area contributed by atoms with E-state index in [-0.39, 0.29) is 40.1 Å². The van der Waals surface area contributed by atoms with E-state index in [1.807, 2.05) is 0 Å². The molecule has 3 aromatic rings. The minimum Gasteiger partial charge on any atom is -0.302 e. The molecule has 0 saturated heterocycles. The number of nitrogens with one attached hydrogen (secondary N) is 1. The van der Waals surface area contributed by atoms with Crippen molar-refractivity contribution in [3.63, 3.8) is 0 Å². The zero-order valence-electron chi connectivity index (χ0n) is 18.9. The molecule has 4 fully saturated rings. The lowest BCUT2D eigenvalue weighted by atomic mass is 9.53. The molecule has 4 aliphatic carbocycles. The van der Waals surface area contributed by atoms with Crippen LogP contribution in [-0.4, -0.2) is 30.4 Å². The number of benzene rings is 1. The van der Waals surface area contributed by atoms with Crippen LogP contribution in [0.15, 0.2) is 36.7 Å². The summed E-state index contributed by atoms with van der Waals surface area (Å²) in [7, 11) is 0. The summed E-state index contributed by atoms with van der Waals surface area (Å²) in [4.78, 5) is 24.3. The van der Waals surface area contributed by atoms with Crippen molar-refractivity contribution < 1.29 is 14.1 Å². The number of anilines is 1. The van der Waals surface area contributed by atoms with E-state index in [1.165, 1.54) is 48.5 Å². The van der Waals surface area contributed by atoms with Gasteiger partial charge in [0.25, 0.3) is 5.91 Å². The van der Waals surface area contributed by atoms with Crippen LogP contribution in [0.4, 0.5) is 15.9 Å². The van der Waals surface area contributed by atoms with Gasteiger partial charge in [-0.05, 0) is 74.0 Å². The van der Waals surface area contributed by atoms with Gasteiger partial charge in [-0.3, -0.25) is 24.3 Å². The number of halogens is 2. The third-order valence-electron chi connectivity index (χ3n) is 7.78. The maximum atomic E-state index is 13.5. The number of carbonyl (C=O) groups is 1. The molecule has 2 aromatic heterocycles. The molecule has 11 heteroatoms. The molecule has 0 atom stereocenters. The average Bonchev–Trinajstić information content (AvgIpc) is 3.38. The number of hydrogen-bond donors (Lipinski definition) is 1. The van der Waals surface area contributed by atoms with E-state index < -0.39 is 10.8 Å². The Bertz CT molecular complexity index is 1300. The number of amides is 1. The Morgan fingerprint density at radius 2 is 1.86 bits per heavy atom. The first kappa shape index (κ1) is 22.2.